The van der Waals surface area contributed by atoms with Gasteiger partial charge in [-0.1, -0.05) is 72.4 Å². The van der Waals surface area contributed by atoms with Crippen LogP contribution in [0.5, 0.6) is 0 Å². The Hall–Kier alpha value is -2.86. The fourth-order valence-corrected chi connectivity index (χ4v) is 3.51. The molecule has 1 aromatic heterocycles. The second-order valence-electron chi connectivity index (χ2n) is 6.20. The number of nitrogens with one attached hydrogen (secondary N) is 1. The first kappa shape index (κ1) is 18.9. The summed E-state index contributed by atoms with van der Waals surface area (Å²) in [6.45, 7) is 2.83. The molecule has 0 fully saturated rings. The van der Waals surface area contributed by atoms with Crippen molar-refractivity contribution in [2.24, 2.45) is 0 Å². The normalized spacial score (nSPS) is 10.6. The van der Waals surface area contributed by atoms with Crippen LogP contribution in [0, 0.1) is 6.92 Å². The fraction of sp³-hybridized carbons (Fsp3) is 0.190. The van der Waals surface area contributed by atoms with Crippen LogP contribution in [0.25, 0.3) is 0 Å². The monoisotopic (exact) mass is 379 g/mol. The Labute approximate surface area is 162 Å². The number of aromatic nitrogens is 2. The van der Waals surface area contributed by atoms with Crippen molar-refractivity contribution in [3.63, 3.8) is 0 Å². The van der Waals surface area contributed by atoms with Crippen molar-refractivity contribution in [1.82, 2.24) is 14.9 Å². The van der Waals surface area contributed by atoms with Crippen molar-refractivity contribution in [3.05, 3.63) is 93.9 Å². The van der Waals surface area contributed by atoms with Gasteiger partial charge < -0.3 is 9.88 Å². The molecule has 2 aromatic carbocycles. The highest BCUT2D eigenvalue weighted by molar-refractivity contribution is 7.99. The number of hydrogen-bond acceptors (Lipinski definition) is 4. The van der Waals surface area contributed by atoms with E-state index < -0.39 is 0 Å². The fourth-order valence-electron chi connectivity index (χ4n) is 2.68. The first-order valence-electron chi connectivity index (χ1n) is 8.66. The van der Waals surface area contributed by atoms with Gasteiger partial charge in [-0.15, -0.1) is 0 Å². The van der Waals surface area contributed by atoms with Gasteiger partial charge in [0.05, 0.1) is 5.75 Å². The van der Waals surface area contributed by atoms with Gasteiger partial charge in [0.2, 0.25) is 5.91 Å². The van der Waals surface area contributed by atoms with Gasteiger partial charge in [0.25, 0.3) is 5.56 Å². The number of carbonyl (C=O) groups is 1. The smallest absolute Gasteiger partial charge is 0.251 e. The SMILES string of the molecule is Cc1cc(=O)[nH]c(SCC(=O)N(Cc2ccccc2)Cc2ccccc2)n1. The second-order valence-corrected chi connectivity index (χ2v) is 7.17. The number of thioether (sulfide) groups is 1. The average molecular weight is 379 g/mol. The molecule has 1 amide bonds. The van der Waals surface area contributed by atoms with E-state index in [0.29, 0.717) is 23.9 Å². The van der Waals surface area contributed by atoms with Crippen molar-refractivity contribution in [2.45, 2.75) is 25.2 Å². The van der Waals surface area contributed by atoms with E-state index in [2.05, 4.69) is 9.97 Å². The summed E-state index contributed by atoms with van der Waals surface area (Å²) in [6.07, 6.45) is 0. The highest BCUT2D eigenvalue weighted by Crippen LogP contribution is 2.16. The summed E-state index contributed by atoms with van der Waals surface area (Å²) in [5.41, 5.74) is 2.59. The molecule has 0 bridgehead atoms. The lowest BCUT2D eigenvalue weighted by atomic mass is 10.1. The van der Waals surface area contributed by atoms with E-state index >= 15 is 0 Å². The Bertz CT molecular complexity index is 901. The van der Waals surface area contributed by atoms with E-state index in [4.69, 9.17) is 0 Å². The first-order chi connectivity index (χ1) is 13.1. The standard InChI is InChI=1S/C21H21N3O2S/c1-16-12-19(25)23-21(22-16)27-15-20(26)24(13-17-8-4-2-5-9-17)14-18-10-6-3-7-11-18/h2-12H,13-15H2,1H3,(H,22,23,25). The van der Waals surface area contributed by atoms with Crippen LogP contribution >= 0.6 is 11.8 Å². The minimum absolute atomic E-state index is 0.00291. The third kappa shape index (κ3) is 5.82. The van der Waals surface area contributed by atoms with Crippen molar-refractivity contribution in [2.75, 3.05) is 5.75 Å². The molecular weight excluding hydrogens is 358 g/mol. The molecule has 0 unspecified atom stereocenters. The highest BCUT2D eigenvalue weighted by Gasteiger charge is 2.16. The van der Waals surface area contributed by atoms with Crippen LogP contribution in [0.1, 0.15) is 16.8 Å². The van der Waals surface area contributed by atoms with E-state index in [1.165, 1.54) is 17.8 Å². The van der Waals surface area contributed by atoms with Crippen LogP contribution in [0.4, 0.5) is 0 Å². The van der Waals surface area contributed by atoms with Gasteiger partial charge in [-0.25, -0.2) is 4.98 Å². The largest absolute Gasteiger partial charge is 0.333 e. The summed E-state index contributed by atoms with van der Waals surface area (Å²) in [6, 6.07) is 21.3. The minimum atomic E-state index is -0.206. The summed E-state index contributed by atoms with van der Waals surface area (Å²) in [5.74, 6) is 0.211. The summed E-state index contributed by atoms with van der Waals surface area (Å²) in [4.78, 5) is 33.2. The molecule has 1 N–H and O–H groups in total. The molecular formula is C21H21N3O2S. The molecule has 0 radical (unpaired) electrons. The molecule has 3 rings (SSSR count). The maximum absolute atomic E-state index is 12.9. The Kier molecular flexibility index (Phi) is 6.44. The lowest BCUT2D eigenvalue weighted by Crippen LogP contribution is -2.31. The van der Waals surface area contributed by atoms with E-state index in [1.54, 1.807) is 6.92 Å². The number of amides is 1. The number of hydrogen-bond donors (Lipinski definition) is 1. The zero-order valence-electron chi connectivity index (χ0n) is 15.1. The predicted octanol–water partition coefficient (Wildman–Crippen LogP) is 3.40. The molecule has 1 heterocycles. The molecule has 6 heteroatoms. The number of rotatable bonds is 7. The predicted molar refractivity (Wildman–Crippen MR) is 107 cm³/mol. The molecule has 0 saturated heterocycles. The van der Waals surface area contributed by atoms with Crippen LogP contribution in [-0.4, -0.2) is 26.5 Å². The number of aromatic amines is 1. The molecule has 27 heavy (non-hydrogen) atoms. The molecule has 0 atom stereocenters. The molecule has 5 nitrogen and oxygen atoms in total. The maximum atomic E-state index is 12.9. The molecule has 0 aliphatic rings. The van der Waals surface area contributed by atoms with Crippen LogP contribution < -0.4 is 5.56 Å². The Morgan fingerprint density at radius 3 is 2.07 bits per heavy atom. The van der Waals surface area contributed by atoms with E-state index in [9.17, 15) is 9.59 Å². The average Bonchev–Trinajstić information content (AvgIpc) is 2.66. The van der Waals surface area contributed by atoms with Crippen molar-refractivity contribution >= 4 is 17.7 Å². The van der Waals surface area contributed by atoms with E-state index in [-0.39, 0.29) is 17.2 Å². The third-order valence-electron chi connectivity index (χ3n) is 3.97. The second kappa shape index (κ2) is 9.19. The first-order valence-corrected chi connectivity index (χ1v) is 9.65. The quantitative estimate of drug-likeness (QED) is 0.505. The van der Waals surface area contributed by atoms with Crippen LogP contribution in [0.15, 0.2) is 76.7 Å². The van der Waals surface area contributed by atoms with E-state index in [1.807, 2.05) is 65.6 Å². The highest BCUT2D eigenvalue weighted by atomic mass is 32.2. The van der Waals surface area contributed by atoms with Gasteiger partial charge in [-0.3, -0.25) is 9.59 Å². The Balaban J connectivity index is 1.72. The van der Waals surface area contributed by atoms with Crippen molar-refractivity contribution in [3.8, 4) is 0 Å². The summed E-state index contributed by atoms with van der Waals surface area (Å²) in [5, 5.41) is 0.465. The van der Waals surface area contributed by atoms with Crippen LogP contribution in [0.2, 0.25) is 0 Å². The van der Waals surface area contributed by atoms with E-state index in [0.717, 1.165) is 11.1 Å². The van der Waals surface area contributed by atoms with Gasteiger partial charge in [-0.05, 0) is 18.1 Å². The van der Waals surface area contributed by atoms with Gasteiger partial charge in [0.15, 0.2) is 5.16 Å². The van der Waals surface area contributed by atoms with Crippen molar-refractivity contribution in [1.29, 1.82) is 0 Å². The minimum Gasteiger partial charge on any atom is -0.333 e. The van der Waals surface area contributed by atoms with Gasteiger partial charge >= 0.3 is 0 Å². The number of benzene rings is 2. The molecule has 0 aliphatic heterocycles. The molecule has 0 aliphatic carbocycles. The molecule has 0 spiro atoms. The third-order valence-corrected chi connectivity index (χ3v) is 4.82. The number of carbonyl (C=O) groups excluding carboxylic acids is 1. The summed E-state index contributed by atoms with van der Waals surface area (Å²) >= 11 is 1.25. The number of H-pyrrole nitrogens is 1. The Morgan fingerprint density at radius 2 is 1.56 bits per heavy atom. The topological polar surface area (TPSA) is 66.1 Å². The van der Waals surface area contributed by atoms with Gasteiger partial charge in [0, 0.05) is 24.8 Å². The zero-order chi connectivity index (χ0) is 19.1. The number of aryl methyl sites for hydroxylation is 1. The lowest BCUT2D eigenvalue weighted by Gasteiger charge is -2.23. The number of nitrogens with zero attached hydrogens (tertiary/aromatic N) is 2. The molecule has 3 aromatic rings. The molecule has 138 valence electrons. The summed E-state index contributed by atoms with van der Waals surface area (Å²) in [7, 11) is 0. The van der Waals surface area contributed by atoms with Crippen molar-refractivity contribution < 1.29 is 4.79 Å². The summed E-state index contributed by atoms with van der Waals surface area (Å²) < 4.78 is 0. The Morgan fingerprint density at radius 1 is 1.00 bits per heavy atom. The van der Waals surface area contributed by atoms with Crippen LogP contribution in [-0.2, 0) is 17.9 Å². The van der Waals surface area contributed by atoms with Gasteiger partial charge in [0.1, 0.15) is 0 Å². The zero-order valence-corrected chi connectivity index (χ0v) is 15.9. The maximum Gasteiger partial charge on any atom is 0.251 e. The van der Waals surface area contributed by atoms with Crippen LogP contribution in [0.3, 0.4) is 0 Å². The van der Waals surface area contributed by atoms with Gasteiger partial charge in [-0.2, -0.15) is 0 Å². The molecule has 0 saturated carbocycles. The lowest BCUT2D eigenvalue weighted by molar-refractivity contribution is -0.129.